The Balaban J connectivity index is 1.70. The normalized spacial score (nSPS) is 18.9. The Kier molecular flexibility index (Phi) is 6.41. The van der Waals surface area contributed by atoms with Gasteiger partial charge in [-0.1, -0.05) is 20.8 Å². The zero-order valence-corrected chi connectivity index (χ0v) is 20.2. The van der Waals surface area contributed by atoms with Crippen LogP contribution in [0.25, 0.3) is 11.4 Å². The van der Waals surface area contributed by atoms with Crippen LogP contribution in [0.2, 0.25) is 0 Å². The van der Waals surface area contributed by atoms with Gasteiger partial charge in [0.1, 0.15) is 23.5 Å². The highest BCUT2D eigenvalue weighted by molar-refractivity contribution is 5.98. The number of rotatable bonds is 4. The maximum atomic E-state index is 14.6. The van der Waals surface area contributed by atoms with Gasteiger partial charge in [-0.05, 0) is 37.6 Å². The molecular formula is C24H29F4N5O2. The minimum atomic E-state index is -2.93. The predicted octanol–water partition coefficient (Wildman–Crippen LogP) is 3.29. The highest BCUT2D eigenvalue weighted by Gasteiger charge is 2.49. The number of halogens is 4. The number of hydrogen-bond donors (Lipinski definition) is 1. The first-order chi connectivity index (χ1) is 16.3. The number of likely N-dealkylation sites (tertiary alicyclic amines) is 1. The van der Waals surface area contributed by atoms with Crippen molar-refractivity contribution in [2.45, 2.75) is 52.2 Å². The van der Waals surface area contributed by atoms with Gasteiger partial charge in [-0.3, -0.25) is 9.59 Å². The van der Waals surface area contributed by atoms with Gasteiger partial charge in [0.05, 0.1) is 24.3 Å². The van der Waals surface area contributed by atoms with E-state index < -0.39 is 53.9 Å². The minimum absolute atomic E-state index is 0.0217. The average molecular weight is 496 g/mol. The number of alkyl halides is 2. The SMILES string of the molecule is CN1CCCn2c(-c3ccc(F)cc3F)nc(C(=O)N[C@H](C(=O)N3CC(F)(F)C3)C(C)(C)C)c2C1. The van der Waals surface area contributed by atoms with Gasteiger partial charge in [0.2, 0.25) is 5.91 Å². The number of imidazole rings is 1. The third-order valence-electron chi connectivity index (χ3n) is 6.35. The molecule has 2 amide bonds. The van der Waals surface area contributed by atoms with Gasteiger partial charge in [-0.25, -0.2) is 22.5 Å². The standard InChI is InChI=1S/C24H29F4N5O2/c1-23(2,3)19(22(35)32-12-24(27,28)13-32)30-21(34)18-17-11-31(4)8-5-9-33(17)20(29-18)15-7-6-14(25)10-16(15)26/h6-7,10,19H,5,8-9,11-13H2,1-4H3,(H,30,34)/t19-/m1/s1. The summed E-state index contributed by atoms with van der Waals surface area (Å²) in [6, 6.07) is 2.09. The summed E-state index contributed by atoms with van der Waals surface area (Å²) < 4.78 is 56.6. The van der Waals surface area contributed by atoms with Crippen LogP contribution in [0.4, 0.5) is 17.6 Å². The zero-order chi connectivity index (χ0) is 25.7. The number of amides is 2. The summed E-state index contributed by atoms with van der Waals surface area (Å²) in [7, 11) is 1.88. The maximum absolute atomic E-state index is 14.6. The number of carbonyl (C=O) groups is 2. The van der Waals surface area contributed by atoms with Crippen LogP contribution in [0.5, 0.6) is 0 Å². The van der Waals surface area contributed by atoms with E-state index in [1.165, 1.54) is 6.07 Å². The summed E-state index contributed by atoms with van der Waals surface area (Å²) in [6.45, 7) is 5.37. The third-order valence-corrected chi connectivity index (χ3v) is 6.35. The molecule has 0 aliphatic carbocycles. The zero-order valence-electron chi connectivity index (χ0n) is 20.2. The topological polar surface area (TPSA) is 70.5 Å². The smallest absolute Gasteiger partial charge is 0.282 e. The van der Waals surface area contributed by atoms with Crippen molar-refractivity contribution in [3.05, 3.63) is 41.2 Å². The van der Waals surface area contributed by atoms with Crippen LogP contribution in [0.1, 0.15) is 43.4 Å². The largest absolute Gasteiger partial charge is 0.338 e. The monoisotopic (exact) mass is 495 g/mol. The first kappa shape index (κ1) is 25.2. The van der Waals surface area contributed by atoms with Crippen LogP contribution in [0.3, 0.4) is 0 Å². The van der Waals surface area contributed by atoms with Crippen molar-refractivity contribution in [1.82, 2.24) is 24.7 Å². The van der Waals surface area contributed by atoms with Gasteiger partial charge in [0.25, 0.3) is 11.8 Å². The molecule has 0 radical (unpaired) electrons. The van der Waals surface area contributed by atoms with E-state index in [2.05, 4.69) is 10.3 Å². The lowest BCUT2D eigenvalue weighted by Gasteiger charge is -2.43. The molecule has 2 aliphatic rings. The van der Waals surface area contributed by atoms with Crippen molar-refractivity contribution in [3.8, 4) is 11.4 Å². The molecule has 0 spiro atoms. The molecule has 2 aromatic rings. The fraction of sp³-hybridized carbons (Fsp3) is 0.542. The molecule has 2 aliphatic heterocycles. The Bertz CT molecular complexity index is 1150. The predicted molar refractivity (Wildman–Crippen MR) is 121 cm³/mol. The fourth-order valence-electron chi connectivity index (χ4n) is 4.48. The lowest BCUT2D eigenvalue weighted by molar-refractivity contribution is -0.169. The van der Waals surface area contributed by atoms with Crippen molar-refractivity contribution in [1.29, 1.82) is 0 Å². The molecule has 11 heteroatoms. The minimum Gasteiger partial charge on any atom is -0.338 e. The lowest BCUT2D eigenvalue weighted by Crippen LogP contribution is -2.64. The highest BCUT2D eigenvalue weighted by Crippen LogP contribution is 2.32. The van der Waals surface area contributed by atoms with E-state index >= 15 is 0 Å². The van der Waals surface area contributed by atoms with Gasteiger partial charge in [0.15, 0.2) is 5.69 Å². The molecule has 1 saturated heterocycles. The Morgan fingerprint density at radius 2 is 1.83 bits per heavy atom. The Hall–Kier alpha value is -2.95. The van der Waals surface area contributed by atoms with E-state index in [9.17, 15) is 27.2 Å². The van der Waals surface area contributed by atoms with Crippen molar-refractivity contribution < 1.29 is 27.2 Å². The number of fused-ring (bicyclic) bond motifs is 1. The summed E-state index contributed by atoms with van der Waals surface area (Å²) in [5, 5.41) is 2.70. The molecule has 1 fully saturated rings. The molecule has 7 nitrogen and oxygen atoms in total. The summed E-state index contributed by atoms with van der Waals surface area (Å²) in [4.78, 5) is 33.9. The van der Waals surface area contributed by atoms with E-state index in [0.29, 0.717) is 18.8 Å². The van der Waals surface area contributed by atoms with Crippen LogP contribution in [-0.4, -0.2) is 69.8 Å². The maximum Gasteiger partial charge on any atom is 0.282 e. The second-order valence-electron chi connectivity index (χ2n) is 10.4. The van der Waals surface area contributed by atoms with Crippen LogP contribution < -0.4 is 5.32 Å². The van der Waals surface area contributed by atoms with E-state index in [1.807, 2.05) is 11.9 Å². The van der Waals surface area contributed by atoms with Gasteiger partial charge in [-0.2, -0.15) is 0 Å². The van der Waals surface area contributed by atoms with Gasteiger partial charge in [0, 0.05) is 19.2 Å². The first-order valence-electron chi connectivity index (χ1n) is 11.5. The average Bonchev–Trinajstić information content (AvgIpc) is 2.94. The molecule has 0 unspecified atom stereocenters. The molecule has 1 N–H and O–H groups in total. The number of carbonyl (C=O) groups excluding carboxylic acids is 2. The molecule has 0 saturated carbocycles. The van der Waals surface area contributed by atoms with E-state index in [4.69, 9.17) is 0 Å². The Morgan fingerprint density at radius 3 is 2.43 bits per heavy atom. The quantitative estimate of drug-likeness (QED) is 0.661. The molecule has 0 bridgehead atoms. The van der Waals surface area contributed by atoms with Crippen LogP contribution in [0, 0.1) is 17.0 Å². The summed E-state index contributed by atoms with van der Waals surface area (Å²) in [6.07, 6.45) is 0.725. The van der Waals surface area contributed by atoms with Crippen molar-refractivity contribution in [2.24, 2.45) is 5.41 Å². The van der Waals surface area contributed by atoms with Crippen LogP contribution >= 0.6 is 0 Å². The molecule has 190 valence electrons. The molecule has 1 aromatic carbocycles. The Labute approximate surface area is 201 Å². The van der Waals surface area contributed by atoms with Crippen LogP contribution in [-0.2, 0) is 17.9 Å². The van der Waals surface area contributed by atoms with Gasteiger partial charge >= 0.3 is 0 Å². The third kappa shape index (κ3) is 5.05. The Morgan fingerprint density at radius 1 is 1.14 bits per heavy atom. The number of nitrogens with zero attached hydrogens (tertiary/aromatic N) is 4. The second kappa shape index (κ2) is 8.92. The first-order valence-corrected chi connectivity index (χ1v) is 11.5. The summed E-state index contributed by atoms with van der Waals surface area (Å²) >= 11 is 0. The summed E-state index contributed by atoms with van der Waals surface area (Å²) in [5.41, 5.74) is -0.149. The molecule has 4 rings (SSSR count). The fourth-order valence-corrected chi connectivity index (χ4v) is 4.48. The van der Waals surface area contributed by atoms with Gasteiger partial charge < -0.3 is 19.7 Å². The lowest BCUT2D eigenvalue weighted by atomic mass is 9.85. The van der Waals surface area contributed by atoms with E-state index in [1.54, 1.807) is 25.3 Å². The molecular weight excluding hydrogens is 466 g/mol. The van der Waals surface area contributed by atoms with Crippen molar-refractivity contribution in [2.75, 3.05) is 26.7 Å². The second-order valence-corrected chi connectivity index (χ2v) is 10.4. The molecule has 35 heavy (non-hydrogen) atoms. The molecule has 1 atom stereocenters. The molecule has 1 aromatic heterocycles. The van der Waals surface area contributed by atoms with E-state index in [0.717, 1.165) is 30.0 Å². The number of benzene rings is 1. The highest BCUT2D eigenvalue weighted by atomic mass is 19.3. The van der Waals surface area contributed by atoms with Gasteiger partial charge in [-0.15, -0.1) is 0 Å². The molecule has 3 heterocycles. The van der Waals surface area contributed by atoms with E-state index in [-0.39, 0.29) is 17.1 Å². The van der Waals surface area contributed by atoms with Crippen molar-refractivity contribution in [3.63, 3.8) is 0 Å². The number of nitrogens with one attached hydrogen (secondary N) is 1. The number of hydrogen-bond acceptors (Lipinski definition) is 4. The number of aromatic nitrogens is 2. The van der Waals surface area contributed by atoms with Crippen LogP contribution in [0.15, 0.2) is 18.2 Å². The van der Waals surface area contributed by atoms with Crippen molar-refractivity contribution >= 4 is 11.8 Å². The summed E-state index contributed by atoms with van der Waals surface area (Å²) in [5.74, 6) is -5.51.